The Morgan fingerprint density at radius 3 is 2.06 bits per heavy atom. The molecule has 0 heterocycles. The summed E-state index contributed by atoms with van der Waals surface area (Å²) in [6, 6.07) is 12.2. The van der Waals surface area contributed by atoms with Crippen LogP contribution in [0.2, 0.25) is 5.02 Å². The van der Waals surface area contributed by atoms with Gasteiger partial charge in [-0.2, -0.15) is 0 Å². The molecule has 0 aromatic heterocycles. The number of hydrogen-bond donors (Lipinski definition) is 1. The molecule has 0 unspecified atom stereocenters. The van der Waals surface area contributed by atoms with Crippen LogP contribution in [0.3, 0.4) is 0 Å². The van der Waals surface area contributed by atoms with Gasteiger partial charge >= 0.3 is 0 Å². The predicted octanol–water partition coefficient (Wildman–Crippen LogP) is 4.21. The quantitative estimate of drug-likeness (QED) is 0.732. The summed E-state index contributed by atoms with van der Waals surface area (Å²) >= 11 is 5.91. The molecule has 0 aliphatic rings. The van der Waals surface area contributed by atoms with Gasteiger partial charge < -0.3 is 5.73 Å². The molecule has 0 bridgehead atoms. The van der Waals surface area contributed by atoms with Gasteiger partial charge in [-0.05, 0) is 37.1 Å². The summed E-state index contributed by atoms with van der Waals surface area (Å²) < 4.78 is 0. The number of anilines is 1. The maximum absolute atomic E-state index is 5.91. The highest BCUT2D eigenvalue weighted by molar-refractivity contribution is 6.33. The van der Waals surface area contributed by atoms with E-state index in [0.717, 1.165) is 5.56 Å². The number of halogens is 1. The maximum Gasteiger partial charge on any atom is 0.0635 e. The highest BCUT2D eigenvalue weighted by atomic mass is 35.5. The van der Waals surface area contributed by atoms with E-state index in [-0.39, 0.29) is 0 Å². The van der Waals surface area contributed by atoms with E-state index in [4.69, 9.17) is 17.3 Å². The smallest absolute Gasteiger partial charge is 0.0635 e. The first-order chi connectivity index (χ1) is 7.56. The molecule has 0 saturated carbocycles. The second-order valence-electron chi connectivity index (χ2n) is 4.11. The van der Waals surface area contributed by atoms with E-state index < -0.39 is 0 Å². The Morgan fingerprint density at radius 2 is 1.50 bits per heavy atom. The van der Waals surface area contributed by atoms with Crippen molar-refractivity contribution in [1.82, 2.24) is 0 Å². The lowest BCUT2D eigenvalue weighted by molar-refractivity contribution is 1.38. The van der Waals surface area contributed by atoms with Crippen molar-refractivity contribution in [3.63, 3.8) is 0 Å². The molecule has 2 rings (SSSR count). The Hall–Kier alpha value is -1.47. The van der Waals surface area contributed by atoms with Crippen LogP contribution in [-0.4, -0.2) is 0 Å². The Morgan fingerprint density at radius 1 is 0.875 bits per heavy atom. The SMILES string of the molecule is Cc1cc(C)cc(-c2ccc(Cl)c(N)c2)c1. The molecular weight excluding hydrogens is 218 g/mol. The standard InChI is InChI=1S/C14H14ClN/c1-9-5-10(2)7-12(6-9)11-3-4-13(15)14(16)8-11/h3-8H,16H2,1-2H3. The highest BCUT2D eigenvalue weighted by Gasteiger charge is 2.02. The fourth-order valence-electron chi connectivity index (χ4n) is 1.86. The van der Waals surface area contributed by atoms with E-state index in [1.165, 1.54) is 16.7 Å². The van der Waals surface area contributed by atoms with E-state index in [9.17, 15) is 0 Å². The summed E-state index contributed by atoms with van der Waals surface area (Å²) in [4.78, 5) is 0. The van der Waals surface area contributed by atoms with Gasteiger partial charge in [0.05, 0.1) is 10.7 Å². The summed E-state index contributed by atoms with van der Waals surface area (Å²) in [7, 11) is 0. The summed E-state index contributed by atoms with van der Waals surface area (Å²) in [6.07, 6.45) is 0. The monoisotopic (exact) mass is 231 g/mol. The molecule has 2 aromatic carbocycles. The molecule has 0 saturated heterocycles. The van der Waals surface area contributed by atoms with Crippen LogP contribution in [0.25, 0.3) is 11.1 Å². The largest absolute Gasteiger partial charge is 0.398 e. The first-order valence-electron chi connectivity index (χ1n) is 5.20. The maximum atomic E-state index is 5.91. The lowest BCUT2D eigenvalue weighted by Gasteiger charge is -2.07. The van der Waals surface area contributed by atoms with Gasteiger partial charge in [0.2, 0.25) is 0 Å². The molecule has 0 aliphatic carbocycles. The van der Waals surface area contributed by atoms with E-state index >= 15 is 0 Å². The topological polar surface area (TPSA) is 26.0 Å². The summed E-state index contributed by atoms with van der Waals surface area (Å²) in [5.41, 5.74) is 11.2. The molecule has 0 aliphatic heterocycles. The van der Waals surface area contributed by atoms with Crippen LogP contribution in [0.1, 0.15) is 11.1 Å². The van der Waals surface area contributed by atoms with Crippen molar-refractivity contribution >= 4 is 17.3 Å². The molecular formula is C14H14ClN. The first kappa shape index (κ1) is 11.0. The summed E-state index contributed by atoms with van der Waals surface area (Å²) in [5.74, 6) is 0. The summed E-state index contributed by atoms with van der Waals surface area (Å²) in [5, 5.41) is 0.605. The van der Waals surface area contributed by atoms with Crippen molar-refractivity contribution in [3.8, 4) is 11.1 Å². The van der Waals surface area contributed by atoms with Crippen molar-refractivity contribution < 1.29 is 0 Å². The average molecular weight is 232 g/mol. The number of nitrogen functional groups attached to an aromatic ring is 1. The van der Waals surface area contributed by atoms with Crippen LogP contribution in [-0.2, 0) is 0 Å². The van der Waals surface area contributed by atoms with Gasteiger partial charge in [0.15, 0.2) is 0 Å². The average Bonchev–Trinajstić information content (AvgIpc) is 2.20. The van der Waals surface area contributed by atoms with Gasteiger partial charge in [-0.1, -0.05) is 47.0 Å². The van der Waals surface area contributed by atoms with E-state index in [0.29, 0.717) is 10.7 Å². The van der Waals surface area contributed by atoms with E-state index in [1.54, 1.807) is 0 Å². The molecule has 0 fully saturated rings. The first-order valence-corrected chi connectivity index (χ1v) is 5.58. The molecule has 82 valence electrons. The third-order valence-corrected chi connectivity index (χ3v) is 2.90. The van der Waals surface area contributed by atoms with Gasteiger partial charge in [0.25, 0.3) is 0 Å². The lowest BCUT2D eigenvalue weighted by Crippen LogP contribution is -1.88. The third kappa shape index (κ3) is 2.20. The Kier molecular flexibility index (Phi) is 2.88. The molecule has 16 heavy (non-hydrogen) atoms. The fourth-order valence-corrected chi connectivity index (χ4v) is 1.98. The van der Waals surface area contributed by atoms with Crippen molar-refractivity contribution in [2.45, 2.75) is 13.8 Å². The van der Waals surface area contributed by atoms with Crippen molar-refractivity contribution in [3.05, 3.63) is 52.5 Å². The Bertz CT molecular complexity index is 512. The van der Waals surface area contributed by atoms with Gasteiger partial charge in [-0.15, -0.1) is 0 Å². The number of benzene rings is 2. The van der Waals surface area contributed by atoms with Crippen molar-refractivity contribution in [1.29, 1.82) is 0 Å². The van der Waals surface area contributed by atoms with Gasteiger partial charge in [0.1, 0.15) is 0 Å². The second kappa shape index (κ2) is 4.18. The Balaban J connectivity index is 2.54. The van der Waals surface area contributed by atoms with E-state index in [1.807, 2.05) is 18.2 Å². The number of aryl methyl sites for hydroxylation is 2. The zero-order valence-electron chi connectivity index (χ0n) is 9.42. The van der Waals surface area contributed by atoms with Crippen molar-refractivity contribution in [2.75, 3.05) is 5.73 Å². The number of nitrogens with two attached hydrogens (primary N) is 1. The van der Waals surface area contributed by atoms with Crippen LogP contribution < -0.4 is 5.73 Å². The van der Waals surface area contributed by atoms with Gasteiger partial charge in [-0.25, -0.2) is 0 Å². The molecule has 0 amide bonds. The minimum absolute atomic E-state index is 0.605. The molecule has 0 spiro atoms. The molecule has 0 atom stereocenters. The highest BCUT2D eigenvalue weighted by Crippen LogP contribution is 2.27. The fraction of sp³-hybridized carbons (Fsp3) is 0.143. The zero-order valence-corrected chi connectivity index (χ0v) is 10.2. The van der Waals surface area contributed by atoms with Crippen LogP contribution in [0.4, 0.5) is 5.69 Å². The van der Waals surface area contributed by atoms with Crippen LogP contribution >= 0.6 is 11.6 Å². The van der Waals surface area contributed by atoms with Crippen LogP contribution in [0.5, 0.6) is 0 Å². The minimum atomic E-state index is 0.605. The predicted molar refractivity (Wildman–Crippen MR) is 70.8 cm³/mol. The molecule has 2 N–H and O–H groups in total. The normalized spacial score (nSPS) is 10.4. The van der Waals surface area contributed by atoms with Gasteiger partial charge in [0, 0.05) is 0 Å². The molecule has 2 aromatic rings. The van der Waals surface area contributed by atoms with Crippen LogP contribution in [0.15, 0.2) is 36.4 Å². The number of rotatable bonds is 1. The minimum Gasteiger partial charge on any atom is -0.398 e. The lowest BCUT2D eigenvalue weighted by atomic mass is 10.0. The Labute approximate surface area is 101 Å². The third-order valence-electron chi connectivity index (χ3n) is 2.55. The number of hydrogen-bond acceptors (Lipinski definition) is 1. The molecule has 1 nitrogen and oxygen atoms in total. The zero-order chi connectivity index (χ0) is 11.7. The molecule has 2 heteroatoms. The second-order valence-corrected chi connectivity index (χ2v) is 4.52. The summed E-state index contributed by atoms with van der Waals surface area (Å²) in [6.45, 7) is 4.19. The van der Waals surface area contributed by atoms with Crippen LogP contribution in [0, 0.1) is 13.8 Å². The van der Waals surface area contributed by atoms with Gasteiger partial charge in [-0.3, -0.25) is 0 Å². The van der Waals surface area contributed by atoms with Crippen molar-refractivity contribution in [2.24, 2.45) is 0 Å². The van der Waals surface area contributed by atoms with E-state index in [2.05, 4.69) is 32.0 Å². The molecule has 0 radical (unpaired) electrons.